The summed E-state index contributed by atoms with van der Waals surface area (Å²) in [6.07, 6.45) is 7.10. The van der Waals surface area contributed by atoms with Crippen molar-refractivity contribution in [3.8, 4) is 0 Å². The Morgan fingerprint density at radius 1 is 1.41 bits per heavy atom. The maximum absolute atomic E-state index is 12.2. The second kappa shape index (κ2) is 5.84. The number of amides is 2. The molecule has 3 N–H and O–H groups in total. The number of anilines is 1. The van der Waals surface area contributed by atoms with Gasteiger partial charge in [0.25, 0.3) is 11.8 Å². The number of nitrogens with two attached hydrogens (primary N) is 1. The maximum atomic E-state index is 12.2. The Bertz CT molecular complexity index is 727. The molecule has 1 aliphatic rings. The molecule has 2 aromatic rings. The molecule has 2 heterocycles. The van der Waals surface area contributed by atoms with Crippen LogP contribution in [0.2, 0.25) is 0 Å². The van der Waals surface area contributed by atoms with Gasteiger partial charge in [-0.2, -0.15) is 0 Å². The maximum Gasteiger partial charge on any atom is 0.276 e. The first kappa shape index (κ1) is 14.6. The van der Waals surface area contributed by atoms with E-state index >= 15 is 0 Å². The zero-order valence-electron chi connectivity index (χ0n) is 12.1. The van der Waals surface area contributed by atoms with Gasteiger partial charge in [-0.05, 0) is 30.7 Å². The van der Waals surface area contributed by atoms with Gasteiger partial charge < -0.3 is 11.1 Å². The van der Waals surface area contributed by atoms with E-state index in [9.17, 15) is 9.59 Å². The standard InChI is InChI=1S/C15H16N4O2S/c1-8-2-3-9-11(6-8)22-15(12(9)13(16)20)19-14(21)10-7-17-4-5-18-10/h4-5,7-8H,2-3,6H2,1H3,(H2,16,20)(H,19,21). The van der Waals surface area contributed by atoms with Crippen LogP contribution in [0.15, 0.2) is 18.6 Å². The first-order valence-corrected chi connectivity index (χ1v) is 7.89. The summed E-state index contributed by atoms with van der Waals surface area (Å²) in [5.41, 5.74) is 7.17. The van der Waals surface area contributed by atoms with E-state index in [0.717, 1.165) is 29.7 Å². The number of fused-ring (bicyclic) bond motifs is 1. The van der Waals surface area contributed by atoms with Crippen molar-refractivity contribution >= 4 is 28.2 Å². The lowest BCUT2D eigenvalue weighted by Gasteiger charge is -2.18. The van der Waals surface area contributed by atoms with Crippen LogP contribution in [0.3, 0.4) is 0 Å². The lowest BCUT2D eigenvalue weighted by molar-refractivity contribution is 0.1000. The Kier molecular flexibility index (Phi) is 3.89. The average Bonchev–Trinajstić information content (AvgIpc) is 2.85. The summed E-state index contributed by atoms with van der Waals surface area (Å²) in [7, 11) is 0. The highest BCUT2D eigenvalue weighted by atomic mass is 32.1. The van der Waals surface area contributed by atoms with Gasteiger partial charge in [0.2, 0.25) is 0 Å². The molecule has 2 amide bonds. The predicted octanol–water partition coefficient (Wildman–Crippen LogP) is 2.01. The lowest BCUT2D eigenvalue weighted by atomic mass is 9.88. The van der Waals surface area contributed by atoms with E-state index in [4.69, 9.17) is 5.73 Å². The van der Waals surface area contributed by atoms with Crippen LogP contribution in [0.1, 0.15) is 44.6 Å². The van der Waals surface area contributed by atoms with E-state index in [0.29, 0.717) is 16.5 Å². The van der Waals surface area contributed by atoms with Gasteiger partial charge in [0, 0.05) is 17.3 Å². The molecule has 0 radical (unpaired) electrons. The molecular weight excluding hydrogens is 300 g/mol. The van der Waals surface area contributed by atoms with Crippen LogP contribution in [-0.4, -0.2) is 21.8 Å². The molecule has 0 aliphatic heterocycles. The van der Waals surface area contributed by atoms with E-state index in [1.165, 1.54) is 29.9 Å². The van der Waals surface area contributed by atoms with Gasteiger partial charge in [-0.15, -0.1) is 11.3 Å². The molecular formula is C15H16N4O2S. The van der Waals surface area contributed by atoms with Crippen LogP contribution in [0.5, 0.6) is 0 Å². The highest BCUT2D eigenvalue weighted by molar-refractivity contribution is 7.17. The van der Waals surface area contributed by atoms with Gasteiger partial charge in [0.05, 0.1) is 11.8 Å². The summed E-state index contributed by atoms with van der Waals surface area (Å²) >= 11 is 1.44. The Balaban J connectivity index is 1.94. The molecule has 0 saturated carbocycles. The smallest absolute Gasteiger partial charge is 0.276 e. The van der Waals surface area contributed by atoms with E-state index in [1.807, 2.05) is 0 Å². The van der Waals surface area contributed by atoms with Crippen molar-refractivity contribution in [1.29, 1.82) is 0 Å². The van der Waals surface area contributed by atoms with Crippen molar-refractivity contribution in [1.82, 2.24) is 9.97 Å². The summed E-state index contributed by atoms with van der Waals surface area (Å²) in [4.78, 5) is 33.0. The number of rotatable bonds is 3. The Morgan fingerprint density at radius 3 is 2.91 bits per heavy atom. The molecule has 22 heavy (non-hydrogen) atoms. The molecule has 6 nitrogen and oxygen atoms in total. The molecule has 0 saturated heterocycles. The molecule has 2 aromatic heterocycles. The minimum Gasteiger partial charge on any atom is -0.365 e. The minimum absolute atomic E-state index is 0.206. The third-order valence-corrected chi connectivity index (χ3v) is 4.95. The number of hydrogen-bond acceptors (Lipinski definition) is 5. The number of nitrogens with one attached hydrogen (secondary N) is 1. The minimum atomic E-state index is -0.499. The average molecular weight is 316 g/mol. The normalized spacial score (nSPS) is 16.9. The summed E-state index contributed by atoms with van der Waals surface area (Å²) in [5.74, 6) is -0.306. The lowest BCUT2D eigenvalue weighted by Crippen LogP contribution is -2.19. The summed E-state index contributed by atoms with van der Waals surface area (Å²) < 4.78 is 0. The SMILES string of the molecule is CC1CCc2c(sc(NC(=O)c3cnccn3)c2C(N)=O)C1. The molecule has 0 aromatic carbocycles. The van der Waals surface area contributed by atoms with Gasteiger partial charge in [-0.25, -0.2) is 4.98 Å². The molecule has 3 rings (SSSR count). The van der Waals surface area contributed by atoms with Gasteiger partial charge in [-0.1, -0.05) is 6.92 Å². The van der Waals surface area contributed by atoms with Crippen LogP contribution in [-0.2, 0) is 12.8 Å². The molecule has 1 aliphatic carbocycles. The van der Waals surface area contributed by atoms with E-state index in [1.54, 1.807) is 0 Å². The molecule has 114 valence electrons. The number of carbonyl (C=O) groups excluding carboxylic acids is 2. The fourth-order valence-electron chi connectivity index (χ4n) is 2.68. The summed E-state index contributed by atoms with van der Waals surface area (Å²) in [6, 6.07) is 0. The number of hydrogen-bond donors (Lipinski definition) is 2. The molecule has 1 atom stereocenters. The van der Waals surface area contributed by atoms with E-state index in [-0.39, 0.29) is 11.6 Å². The number of nitrogens with zero attached hydrogens (tertiary/aromatic N) is 2. The molecule has 7 heteroatoms. The second-order valence-electron chi connectivity index (χ2n) is 5.46. The Labute approximate surface area is 131 Å². The number of carbonyl (C=O) groups is 2. The summed E-state index contributed by atoms with van der Waals surface area (Å²) in [6.45, 7) is 2.18. The predicted molar refractivity (Wildman–Crippen MR) is 84.0 cm³/mol. The molecule has 0 spiro atoms. The zero-order valence-corrected chi connectivity index (χ0v) is 12.9. The van der Waals surface area contributed by atoms with Crippen molar-refractivity contribution in [2.45, 2.75) is 26.2 Å². The van der Waals surface area contributed by atoms with Crippen molar-refractivity contribution in [3.05, 3.63) is 40.3 Å². The van der Waals surface area contributed by atoms with Gasteiger partial charge >= 0.3 is 0 Å². The van der Waals surface area contributed by atoms with Gasteiger partial charge in [0.1, 0.15) is 10.7 Å². The number of primary amides is 1. The van der Waals surface area contributed by atoms with Gasteiger partial charge in [0.15, 0.2) is 0 Å². The third kappa shape index (κ3) is 2.71. The Hall–Kier alpha value is -2.28. The van der Waals surface area contributed by atoms with Crippen molar-refractivity contribution < 1.29 is 9.59 Å². The number of aromatic nitrogens is 2. The van der Waals surface area contributed by atoms with Crippen LogP contribution in [0, 0.1) is 5.92 Å². The summed E-state index contributed by atoms with van der Waals surface area (Å²) in [5, 5.41) is 3.27. The topological polar surface area (TPSA) is 98.0 Å². The van der Waals surface area contributed by atoms with Gasteiger partial charge in [-0.3, -0.25) is 14.6 Å². The molecule has 0 fully saturated rings. The van der Waals surface area contributed by atoms with Crippen LogP contribution in [0.4, 0.5) is 5.00 Å². The highest BCUT2D eigenvalue weighted by Crippen LogP contribution is 2.39. The van der Waals surface area contributed by atoms with Crippen LogP contribution >= 0.6 is 11.3 Å². The molecule has 1 unspecified atom stereocenters. The van der Waals surface area contributed by atoms with Crippen LogP contribution in [0.25, 0.3) is 0 Å². The van der Waals surface area contributed by atoms with E-state index in [2.05, 4.69) is 22.2 Å². The highest BCUT2D eigenvalue weighted by Gasteiger charge is 2.27. The zero-order chi connectivity index (χ0) is 15.7. The Morgan fingerprint density at radius 2 is 2.23 bits per heavy atom. The fourth-order valence-corrected chi connectivity index (χ4v) is 4.09. The first-order valence-electron chi connectivity index (χ1n) is 7.08. The third-order valence-electron chi connectivity index (χ3n) is 3.78. The first-order chi connectivity index (χ1) is 10.6. The quantitative estimate of drug-likeness (QED) is 0.905. The van der Waals surface area contributed by atoms with E-state index < -0.39 is 5.91 Å². The van der Waals surface area contributed by atoms with Crippen molar-refractivity contribution in [2.75, 3.05) is 5.32 Å². The second-order valence-corrected chi connectivity index (χ2v) is 6.57. The van der Waals surface area contributed by atoms with Crippen molar-refractivity contribution in [2.24, 2.45) is 11.7 Å². The largest absolute Gasteiger partial charge is 0.365 e. The number of thiophene rings is 1. The van der Waals surface area contributed by atoms with Crippen LogP contribution < -0.4 is 11.1 Å². The van der Waals surface area contributed by atoms with Crippen molar-refractivity contribution in [3.63, 3.8) is 0 Å². The fraction of sp³-hybridized carbons (Fsp3) is 0.333. The molecule has 0 bridgehead atoms. The monoisotopic (exact) mass is 316 g/mol.